The summed E-state index contributed by atoms with van der Waals surface area (Å²) >= 11 is 0. The fourth-order valence-electron chi connectivity index (χ4n) is 4.49. The molecule has 2 aromatic rings. The van der Waals surface area contributed by atoms with Crippen molar-refractivity contribution in [3.05, 3.63) is 65.5 Å². The van der Waals surface area contributed by atoms with Crippen molar-refractivity contribution in [1.29, 1.82) is 0 Å². The van der Waals surface area contributed by atoms with Gasteiger partial charge in [-0.1, -0.05) is 43.2 Å². The summed E-state index contributed by atoms with van der Waals surface area (Å²) in [6.07, 6.45) is 10.6. The molecule has 0 radical (unpaired) electrons. The molecule has 2 heterocycles. The summed E-state index contributed by atoms with van der Waals surface area (Å²) in [5.41, 5.74) is 2.34. The molecule has 1 aliphatic carbocycles. The first-order valence-corrected chi connectivity index (χ1v) is 10.8. The lowest BCUT2D eigenvalue weighted by atomic mass is 9.90. The van der Waals surface area contributed by atoms with E-state index in [-0.39, 0.29) is 17.9 Å². The number of hydrogen-bond donors (Lipinski definition) is 1. The van der Waals surface area contributed by atoms with E-state index in [9.17, 15) is 9.59 Å². The maximum Gasteiger partial charge on any atom is 0.255 e. The largest absolute Gasteiger partial charge is 0.349 e. The van der Waals surface area contributed by atoms with Crippen LogP contribution in [0.2, 0.25) is 0 Å². The van der Waals surface area contributed by atoms with Crippen LogP contribution in [0.1, 0.15) is 64.8 Å². The molecular formula is C24H29N3O2. The van der Waals surface area contributed by atoms with Gasteiger partial charge in [0.15, 0.2) is 0 Å². The summed E-state index contributed by atoms with van der Waals surface area (Å²) in [7, 11) is 0. The van der Waals surface area contributed by atoms with Gasteiger partial charge in [0.1, 0.15) is 0 Å². The predicted molar refractivity (Wildman–Crippen MR) is 113 cm³/mol. The van der Waals surface area contributed by atoms with Crippen molar-refractivity contribution in [2.45, 2.75) is 51.0 Å². The molecule has 1 aromatic heterocycles. The Morgan fingerprint density at radius 1 is 0.966 bits per heavy atom. The van der Waals surface area contributed by atoms with E-state index in [1.807, 2.05) is 11.0 Å². The van der Waals surface area contributed by atoms with Crippen LogP contribution >= 0.6 is 0 Å². The third-order valence-electron chi connectivity index (χ3n) is 6.21. The van der Waals surface area contributed by atoms with Crippen molar-refractivity contribution in [3.63, 3.8) is 0 Å². The second kappa shape index (κ2) is 9.21. The van der Waals surface area contributed by atoms with Crippen molar-refractivity contribution in [1.82, 2.24) is 15.2 Å². The van der Waals surface area contributed by atoms with Gasteiger partial charge in [0.25, 0.3) is 11.8 Å². The first-order valence-electron chi connectivity index (χ1n) is 10.8. The number of likely N-dealkylation sites (tertiary alicyclic amines) is 1. The van der Waals surface area contributed by atoms with Crippen LogP contribution in [-0.2, 0) is 6.42 Å². The molecule has 1 aliphatic heterocycles. The molecule has 152 valence electrons. The number of nitrogens with one attached hydrogen (secondary N) is 1. The molecule has 1 saturated carbocycles. The number of hydrogen-bond acceptors (Lipinski definition) is 3. The topological polar surface area (TPSA) is 62.3 Å². The summed E-state index contributed by atoms with van der Waals surface area (Å²) in [5.74, 6) is 0.467. The lowest BCUT2D eigenvalue weighted by molar-refractivity contribution is 0.0690. The molecule has 5 nitrogen and oxygen atoms in total. The fourth-order valence-corrected chi connectivity index (χ4v) is 4.49. The molecule has 1 aromatic carbocycles. The van der Waals surface area contributed by atoms with E-state index in [1.165, 1.54) is 18.4 Å². The number of carbonyl (C=O) groups excluding carboxylic acids is 2. The van der Waals surface area contributed by atoms with Crippen LogP contribution in [0.3, 0.4) is 0 Å². The van der Waals surface area contributed by atoms with Gasteiger partial charge in [-0.25, -0.2) is 0 Å². The lowest BCUT2D eigenvalue weighted by Crippen LogP contribution is -2.39. The van der Waals surface area contributed by atoms with E-state index >= 15 is 0 Å². The normalized spacial score (nSPS) is 18.0. The molecule has 1 N–H and O–H groups in total. The maximum atomic E-state index is 12.9. The SMILES string of the molecule is O=C(NC1CCCC1)c1cncc(C(=O)N2CCC(Cc3ccccc3)CC2)c1. The highest BCUT2D eigenvalue weighted by atomic mass is 16.2. The number of aromatic nitrogens is 1. The summed E-state index contributed by atoms with van der Waals surface area (Å²) < 4.78 is 0. The molecule has 0 unspecified atom stereocenters. The van der Waals surface area contributed by atoms with Crippen molar-refractivity contribution in [3.8, 4) is 0 Å². The van der Waals surface area contributed by atoms with E-state index < -0.39 is 0 Å². The van der Waals surface area contributed by atoms with Crippen LogP contribution in [-0.4, -0.2) is 40.8 Å². The van der Waals surface area contributed by atoms with E-state index in [2.05, 4.69) is 34.6 Å². The number of rotatable bonds is 5. The summed E-state index contributed by atoms with van der Waals surface area (Å²) in [5, 5.41) is 3.07. The highest BCUT2D eigenvalue weighted by molar-refractivity contribution is 5.99. The van der Waals surface area contributed by atoms with Gasteiger partial charge in [-0.2, -0.15) is 0 Å². The van der Waals surface area contributed by atoms with Crippen LogP contribution in [0.5, 0.6) is 0 Å². The van der Waals surface area contributed by atoms with Gasteiger partial charge in [-0.05, 0) is 49.7 Å². The Kier molecular flexibility index (Phi) is 6.23. The van der Waals surface area contributed by atoms with Gasteiger partial charge in [-0.15, -0.1) is 0 Å². The number of nitrogens with zero attached hydrogens (tertiary/aromatic N) is 2. The third kappa shape index (κ3) is 5.03. The maximum absolute atomic E-state index is 12.9. The number of amides is 2. The Bertz CT molecular complexity index is 838. The summed E-state index contributed by atoms with van der Waals surface area (Å²) in [6.45, 7) is 1.52. The van der Waals surface area contributed by atoms with Gasteiger partial charge in [0.05, 0.1) is 11.1 Å². The van der Waals surface area contributed by atoms with Crippen molar-refractivity contribution < 1.29 is 9.59 Å². The second-order valence-corrected chi connectivity index (χ2v) is 8.34. The predicted octanol–water partition coefficient (Wildman–Crippen LogP) is 3.85. The van der Waals surface area contributed by atoms with Gasteiger partial charge >= 0.3 is 0 Å². The quantitative estimate of drug-likeness (QED) is 0.842. The molecule has 0 atom stereocenters. The summed E-state index contributed by atoms with van der Waals surface area (Å²) in [4.78, 5) is 31.5. The van der Waals surface area contributed by atoms with E-state index in [0.29, 0.717) is 17.0 Å². The smallest absolute Gasteiger partial charge is 0.255 e. The molecular weight excluding hydrogens is 362 g/mol. The highest BCUT2D eigenvalue weighted by Gasteiger charge is 2.25. The fraction of sp³-hybridized carbons (Fsp3) is 0.458. The number of piperidine rings is 1. The molecule has 0 bridgehead atoms. The number of carbonyl (C=O) groups is 2. The Morgan fingerprint density at radius 2 is 1.66 bits per heavy atom. The molecule has 4 rings (SSSR count). The van der Waals surface area contributed by atoms with E-state index in [4.69, 9.17) is 0 Å². The van der Waals surface area contributed by atoms with Crippen LogP contribution in [0.4, 0.5) is 0 Å². The first kappa shape index (κ1) is 19.6. The van der Waals surface area contributed by atoms with Crippen LogP contribution in [0.25, 0.3) is 0 Å². The molecule has 2 amide bonds. The molecule has 1 saturated heterocycles. The van der Waals surface area contributed by atoms with Crippen LogP contribution < -0.4 is 5.32 Å². The zero-order chi connectivity index (χ0) is 20.1. The standard InChI is InChI=1S/C24H29N3O2/c28-23(26-22-8-4-5-9-22)20-15-21(17-25-16-20)24(29)27-12-10-19(11-13-27)14-18-6-2-1-3-7-18/h1-3,6-7,15-17,19,22H,4-5,8-14H2,(H,26,28). The Labute approximate surface area is 172 Å². The highest BCUT2D eigenvalue weighted by Crippen LogP contribution is 2.23. The minimum absolute atomic E-state index is 0.0221. The second-order valence-electron chi connectivity index (χ2n) is 8.34. The Morgan fingerprint density at radius 3 is 2.38 bits per heavy atom. The van der Waals surface area contributed by atoms with Crippen molar-refractivity contribution in [2.75, 3.05) is 13.1 Å². The van der Waals surface area contributed by atoms with Gasteiger partial charge < -0.3 is 10.2 Å². The number of pyridine rings is 1. The Hall–Kier alpha value is -2.69. The Balaban J connectivity index is 1.33. The van der Waals surface area contributed by atoms with Crippen LogP contribution in [0.15, 0.2) is 48.8 Å². The van der Waals surface area contributed by atoms with E-state index in [1.54, 1.807) is 18.5 Å². The van der Waals surface area contributed by atoms with Gasteiger partial charge in [0, 0.05) is 31.5 Å². The zero-order valence-corrected chi connectivity index (χ0v) is 16.8. The van der Waals surface area contributed by atoms with Gasteiger partial charge in [-0.3, -0.25) is 14.6 Å². The minimum atomic E-state index is -0.124. The molecule has 29 heavy (non-hydrogen) atoms. The molecule has 5 heteroatoms. The first-order chi connectivity index (χ1) is 14.2. The zero-order valence-electron chi connectivity index (χ0n) is 16.8. The molecule has 0 spiro atoms. The third-order valence-corrected chi connectivity index (χ3v) is 6.21. The molecule has 2 fully saturated rings. The average Bonchev–Trinajstić information content (AvgIpc) is 3.28. The van der Waals surface area contributed by atoms with Crippen molar-refractivity contribution >= 4 is 11.8 Å². The monoisotopic (exact) mass is 391 g/mol. The molecule has 2 aliphatic rings. The minimum Gasteiger partial charge on any atom is -0.349 e. The van der Waals surface area contributed by atoms with Crippen molar-refractivity contribution in [2.24, 2.45) is 5.92 Å². The van der Waals surface area contributed by atoms with Crippen LogP contribution in [0, 0.1) is 5.92 Å². The van der Waals surface area contributed by atoms with Gasteiger partial charge in [0.2, 0.25) is 0 Å². The number of benzene rings is 1. The lowest BCUT2D eigenvalue weighted by Gasteiger charge is -2.32. The average molecular weight is 392 g/mol. The van der Waals surface area contributed by atoms with E-state index in [0.717, 1.165) is 45.2 Å². The summed E-state index contributed by atoms with van der Waals surface area (Å²) in [6, 6.07) is 12.5.